The molecule has 2 atom stereocenters. The van der Waals surface area contributed by atoms with Gasteiger partial charge in [0.15, 0.2) is 0 Å². The quantitative estimate of drug-likeness (QED) is 0.496. The van der Waals surface area contributed by atoms with Crippen LogP contribution in [0, 0.1) is 5.82 Å². The van der Waals surface area contributed by atoms with E-state index in [0.29, 0.717) is 12.0 Å². The molecule has 0 aliphatic rings. The second kappa shape index (κ2) is 11.9. The molecule has 2 aromatic rings. The highest BCUT2D eigenvalue weighted by Crippen LogP contribution is 2.28. The van der Waals surface area contributed by atoms with Crippen LogP contribution in [0.2, 0.25) is 10.0 Å². The van der Waals surface area contributed by atoms with Gasteiger partial charge in [0, 0.05) is 12.6 Å². The number of carbonyl (C=O) groups is 2. The van der Waals surface area contributed by atoms with Crippen LogP contribution in [-0.2, 0) is 26.2 Å². The summed E-state index contributed by atoms with van der Waals surface area (Å²) < 4.78 is 39.3. The second-order valence-electron chi connectivity index (χ2n) is 8.01. The van der Waals surface area contributed by atoms with Crippen molar-refractivity contribution in [1.82, 2.24) is 10.2 Å². The van der Waals surface area contributed by atoms with Crippen molar-refractivity contribution < 1.29 is 22.4 Å². The molecule has 0 radical (unpaired) electrons. The molecule has 0 aliphatic heterocycles. The standard InChI is InChI=1S/C23H28Cl2FN3O4S/c1-5-15(2)27-23(31)16(3)28(13-17-6-8-18(26)9-7-17)22(30)14-29(34(4,32)33)19-10-11-20(24)21(25)12-19/h6-12,15-16H,5,13-14H2,1-4H3,(H,27,31)/t15-,16+/m0/s1. The summed E-state index contributed by atoms with van der Waals surface area (Å²) in [6.45, 7) is 4.72. The van der Waals surface area contributed by atoms with Gasteiger partial charge in [0.05, 0.1) is 22.0 Å². The van der Waals surface area contributed by atoms with Gasteiger partial charge in [-0.25, -0.2) is 12.8 Å². The summed E-state index contributed by atoms with van der Waals surface area (Å²) in [5.41, 5.74) is 0.738. The highest BCUT2D eigenvalue weighted by Gasteiger charge is 2.30. The number of hydrogen-bond donors (Lipinski definition) is 1. The largest absolute Gasteiger partial charge is 0.352 e. The molecule has 0 spiro atoms. The molecule has 186 valence electrons. The highest BCUT2D eigenvalue weighted by atomic mass is 35.5. The van der Waals surface area contributed by atoms with E-state index in [2.05, 4.69) is 5.32 Å². The number of nitrogens with one attached hydrogen (secondary N) is 1. The molecule has 2 aromatic carbocycles. The fraction of sp³-hybridized carbons (Fsp3) is 0.391. The van der Waals surface area contributed by atoms with E-state index in [1.54, 1.807) is 6.92 Å². The minimum Gasteiger partial charge on any atom is -0.352 e. The summed E-state index contributed by atoms with van der Waals surface area (Å²) in [6.07, 6.45) is 1.66. The van der Waals surface area contributed by atoms with Gasteiger partial charge in [0.25, 0.3) is 0 Å². The van der Waals surface area contributed by atoms with E-state index in [4.69, 9.17) is 23.2 Å². The first-order valence-electron chi connectivity index (χ1n) is 10.6. The smallest absolute Gasteiger partial charge is 0.244 e. The number of halogens is 3. The Morgan fingerprint density at radius 3 is 2.21 bits per heavy atom. The molecular weight excluding hydrogens is 504 g/mol. The van der Waals surface area contributed by atoms with Crippen molar-refractivity contribution in [3.05, 3.63) is 63.9 Å². The Kier molecular flexibility index (Phi) is 9.73. The monoisotopic (exact) mass is 531 g/mol. The Labute approximate surface area is 209 Å². The number of hydrogen-bond acceptors (Lipinski definition) is 4. The van der Waals surface area contributed by atoms with E-state index in [-0.39, 0.29) is 34.2 Å². The lowest BCUT2D eigenvalue weighted by Gasteiger charge is -2.32. The zero-order valence-electron chi connectivity index (χ0n) is 19.4. The van der Waals surface area contributed by atoms with Crippen molar-refractivity contribution in [3.8, 4) is 0 Å². The molecule has 1 N–H and O–H groups in total. The van der Waals surface area contributed by atoms with Crippen molar-refractivity contribution in [2.45, 2.75) is 45.8 Å². The molecule has 0 bridgehead atoms. The molecule has 0 fully saturated rings. The first kappa shape index (κ1) is 27.9. The third-order valence-electron chi connectivity index (χ3n) is 5.30. The Morgan fingerprint density at radius 2 is 1.68 bits per heavy atom. The van der Waals surface area contributed by atoms with Crippen LogP contribution in [0.3, 0.4) is 0 Å². The van der Waals surface area contributed by atoms with Crippen LogP contribution in [0.25, 0.3) is 0 Å². The number of sulfonamides is 1. The van der Waals surface area contributed by atoms with Crippen LogP contribution in [-0.4, -0.2) is 50.0 Å². The van der Waals surface area contributed by atoms with Gasteiger partial charge in [-0.05, 0) is 56.2 Å². The molecule has 0 unspecified atom stereocenters. The number of anilines is 1. The molecule has 0 saturated carbocycles. The van der Waals surface area contributed by atoms with Gasteiger partial charge in [-0.1, -0.05) is 42.3 Å². The molecular formula is C23H28Cl2FN3O4S. The van der Waals surface area contributed by atoms with Crippen molar-refractivity contribution in [2.75, 3.05) is 17.1 Å². The molecule has 2 rings (SSSR count). The fourth-order valence-corrected chi connectivity index (χ4v) is 4.22. The minimum absolute atomic E-state index is 0.0207. The van der Waals surface area contributed by atoms with Gasteiger partial charge in [0.2, 0.25) is 21.8 Å². The average Bonchev–Trinajstić information content (AvgIpc) is 2.77. The molecule has 0 saturated heterocycles. The Bertz CT molecular complexity index is 1130. The lowest BCUT2D eigenvalue weighted by atomic mass is 10.1. The molecule has 11 heteroatoms. The van der Waals surface area contributed by atoms with Crippen LogP contribution in [0.15, 0.2) is 42.5 Å². The molecule has 0 aliphatic carbocycles. The van der Waals surface area contributed by atoms with Gasteiger partial charge < -0.3 is 10.2 Å². The summed E-state index contributed by atoms with van der Waals surface area (Å²) in [7, 11) is -3.89. The summed E-state index contributed by atoms with van der Waals surface area (Å²) in [6, 6.07) is 8.70. The van der Waals surface area contributed by atoms with Gasteiger partial charge >= 0.3 is 0 Å². The number of amides is 2. The highest BCUT2D eigenvalue weighted by molar-refractivity contribution is 7.92. The Balaban J connectivity index is 2.39. The topological polar surface area (TPSA) is 86.8 Å². The molecule has 34 heavy (non-hydrogen) atoms. The van der Waals surface area contributed by atoms with Gasteiger partial charge in [-0.3, -0.25) is 13.9 Å². The van der Waals surface area contributed by atoms with Gasteiger partial charge in [-0.2, -0.15) is 0 Å². The van der Waals surface area contributed by atoms with Crippen molar-refractivity contribution in [2.24, 2.45) is 0 Å². The normalized spacial score (nSPS) is 13.1. The van der Waals surface area contributed by atoms with Crippen molar-refractivity contribution in [3.63, 3.8) is 0 Å². The zero-order valence-corrected chi connectivity index (χ0v) is 21.7. The number of benzene rings is 2. The number of rotatable bonds is 10. The predicted octanol–water partition coefficient (Wildman–Crippen LogP) is 4.23. The van der Waals surface area contributed by atoms with Crippen LogP contribution in [0.1, 0.15) is 32.8 Å². The van der Waals surface area contributed by atoms with Crippen LogP contribution >= 0.6 is 23.2 Å². The van der Waals surface area contributed by atoms with Crippen molar-refractivity contribution in [1.29, 1.82) is 0 Å². The molecule has 7 nitrogen and oxygen atoms in total. The molecule has 0 heterocycles. The summed E-state index contributed by atoms with van der Waals surface area (Å²) in [5.74, 6) is -1.44. The molecule has 0 aromatic heterocycles. The lowest BCUT2D eigenvalue weighted by molar-refractivity contribution is -0.139. The molecule has 2 amide bonds. The van der Waals surface area contributed by atoms with Gasteiger partial charge in [-0.15, -0.1) is 0 Å². The maximum Gasteiger partial charge on any atom is 0.244 e. The van der Waals surface area contributed by atoms with Crippen LogP contribution in [0.4, 0.5) is 10.1 Å². The Morgan fingerprint density at radius 1 is 1.06 bits per heavy atom. The van der Waals surface area contributed by atoms with E-state index in [1.165, 1.54) is 47.4 Å². The SMILES string of the molecule is CC[C@H](C)NC(=O)[C@@H](C)N(Cc1ccc(F)cc1)C(=O)CN(c1ccc(Cl)c(Cl)c1)S(C)(=O)=O. The van der Waals surface area contributed by atoms with E-state index in [9.17, 15) is 22.4 Å². The first-order valence-corrected chi connectivity index (χ1v) is 13.2. The predicted molar refractivity (Wildman–Crippen MR) is 133 cm³/mol. The number of carbonyl (C=O) groups excluding carboxylic acids is 2. The van der Waals surface area contributed by atoms with E-state index >= 15 is 0 Å². The maximum atomic E-state index is 13.4. The summed E-state index contributed by atoms with van der Waals surface area (Å²) in [4.78, 5) is 27.5. The van der Waals surface area contributed by atoms with E-state index < -0.39 is 34.3 Å². The lowest BCUT2D eigenvalue weighted by Crippen LogP contribution is -2.52. The van der Waals surface area contributed by atoms with Crippen molar-refractivity contribution >= 4 is 50.7 Å². The summed E-state index contributed by atoms with van der Waals surface area (Å²) >= 11 is 12.0. The van der Waals surface area contributed by atoms with Crippen LogP contribution < -0.4 is 9.62 Å². The maximum absolute atomic E-state index is 13.4. The zero-order chi connectivity index (χ0) is 25.6. The van der Waals surface area contributed by atoms with E-state index in [1.807, 2.05) is 13.8 Å². The third-order valence-corrected chi connectivity index (χ3v) is 7.18. The fourth-order valence-electron chi connectivity index (χ4n) is 3.09. The number of nitrogens with zero attached hydrogens (tertiary/aromatic N) is 2. The van der Waals surface area contributed by atoms with Gasteiger partial charge in [0.1, 0.15) is 18.4 Å². The first-order chi connectivity index (χ1) is 15.8. The van der Waals surface area contributed by atoms with E-state index in [0.717, 1.165) is 10.6 Å². The average molecular weight is 532 g/mol. The second-order valence-corrected chi connectivity index (χ2v) is 10.7. The summed E-state index contributed by atoms with van der Waals surface area (Å²) in [5, 5.41) is 3.20. The van der Waals surface area contributed by atoms with Crippen LogP contribution in [0.5, 0.6) is 0 Å². The Hall–Kier alpha value is -2.36. The third kappa shape index (κ3) is 7.58. The minimum atomic E-state index is -3.89.